The number of likely N-dealkylation sites (N-methyl/N-ethyl adjacent to an activating group) is 1. The van der Waals surface area contributed by atoms with Crippen LogP contribution in [0.5, 0.6) is 0 Å². The van der Waals surface area contributed by atoms with Gasteiger partial charge in [0, 0.05) is 25.2 Å². The summed E-state index contributed by atoms with van der Waals surface area (Å²) in [4.78, 5) is 43.3. The largest absolute Gasteiger partial charge is 0.325 e. The lowest BCUT2D eigenvalue weighted by molar-refractivity contribution is -0.136. The van der Waals surface area contributed by atoms with Crippen molar-refractivity contribution in [2.45, 2.75) is 75.9 Å². The molecule has 8 nitrogen and oxygen atoms in total. The van der Waals surface area contributed by atoms with E-state index in [4.69, 9.17) is 0 Å². The van der Waals surface area contributed by atoms with E-state index in [1.807, 2.05) is 7.05 Å². The van der Waals surface area contributed by atoms with Crippen LogP contribution in [-0.2, 0) is 9.59 Å². The normalized spacial score (nSPS) is 32.9. The fraction of sp³-hybridized carbons (Fsp3) is 0.731. The van der Waals surface area contributed by atoms with Crippen molar-refractivity contribution in [2.24, 2.45) is 11.3 Å². The number of hydrogen-bond donors (Lipinski definition) is 2. The maximum Gasteiger partial charge on any atom is 0.325 e. The quantitative estimate of drug-likeness (QED) is 0.620. The number of piperidine rings is 3. The molecule has 184 valence electrons. The number of fused-ring (bicyclic) bond motifs is 1. The number of rotatable bonds is 3. The Balaban J connectivity index is 1.09. The van der Waals surface area contributed by atoms with E-state index >= 15 is 0 Å². The topological polar surface area (TPSA) is 85.0 Å². The number of amides is 4. The zero-order chi connectivity index (χ0) is 23.4. The number of nitrogens with one attached hydrogen (secondary N) is 2. The first-order valence-corrected chi connectivity index (χ1v) is 13.2. The molecule has 4 aliphatic heterocycles. The molecule has 1 spiro atoms. The maximum absolute atomic E-state index is 13.1. The van der Waals surface area contributed by atoms with Crippen molar-refractivity contribution < 1.29 is 14.4 Å². The van der Waals surface area contributed by atoms with Crippen LogP contribution in [0.2, 0.25) is 0 Å². The molecule has 2 aliphatic carbocycles. The number of carbonyl (C=O) groups is 3. The summed E-state index contributed by atoms with van der Waals surface area (Å²) in [5.41, 5.74) is 2.99. The van der Waals surface area contributed by atoms with Gasteiger partial charge in [0.2, 0.25) is 11.8 Å². The van der Waals surface area contributed by atoms with Gasteiger partial charge in [-0.1, -0.05) is 11.6 Å². The number of carbonyl (C=O) groups excluding carboxylic acids is 3. The van der Waals surface area contributed by atoms with Gasteiger partial charge >= 0.3 is 6.03 Å². The third kappa shape index (κ3) is 3.70. The minimum atomic E-state index is -0.590. The van der Waals surface area contributed by atoms with Crippen molar-refractivity contribution in [3.8, 4) is 0 Å². The van der Waals surface area contributed by atoms with Crippen LogP contribution in [0.1, 0.15) is 57.8 Å². The Bertz CT molecular complexity index is 936. The Kier molecular flexibility index (Phi) is 5.56. The van der Waals surface area contributed by atoms with Gasteiger partial charge in [0.05, 0.1) is 6.04 Å². The zero-order valence-electron chi connectivity index (χ0n) is 20.2. The molecule has 2 atom stereocenters. The Labute approximate surface area is 201 Å². The third-order valence-corrected chi connectivity index (χ3v) is 9.59. The lowest BCUT2D eigenvalue weighted by Crippen LogP contribution is -2.56. The molecule has 0 aromatic heterocycles. The number of urea groups is 1. The van der Waals surface area contributed by atoms with Crippen molar-refractivity contribution in [3.05, 3.63) is 23.4 Å². The van der Waals surface area contributed by atoms with Crippen molar-refractivity contribution in [3.63, 3.8) is 0 Å². The van der Waals surface area contributed by atoms with Crippen LogP contribution < -0.4 is 10.6 Å². The lowest BCUT2D eigenvalue weighted by Gasteiger charge is -2.55. The standard InChI is InChI=1S/C26H37N5O3/c1-29-22-14-18(2-3-20(22)31(25(29)34)21-4-5-23(32)28-24(21)33)17-6-12-30(13-7-17)19-15-26(16-19)8-10-27-11-9-26/h2-3,17,19,21-22,27H,4-16H2,1H3,(H,28,32,33). The van der Waals surface area contributed by atoms with Gasteiger partial charge in [-0.05, 0) is 95.0 Å². The van der Waals surface area contributed by atoms with Crippen LogP contribution in [-0.4, -0.2) is 83.9 Å². The second-order valence-corrected chi connectivity index (χ2v) is 11.4. The first-order chi connectivity index (χ1) is 16.4. The zero-order valence-corrected chi connectivity index (χ0v) is 20.2. The SMILES string of the molecule is CN1C(=O)N(C2CCC(=O)NC2=O)C2=CC=C(C3CCN(C4CC5(CCNCC5)C4)CC3)CC21. The number of nitrogens with zero attached hydrogens (tertiary/aromatic N) is 3. The predicted octanol–water partition coefficient (Wildman–Crippen LogP) is 1.99. The van der Waals surface area contributed by atoms with E-state index in [0.717, 1.165) is 18.2 Å². The van der Waals surface area contributed by atoms with E-state index in [2.05, 4.69) is 27.7 Å². The number of imide groups is 1. The Morgan fingerprint density at radius 3 is 2.41 bits per heavy atom. The van der Waals surface area contributed by atoms with Crippen molar-refractivity contribution in [1.29, 1.82) is 0 Å². The van der Waals surface area contributed by atoms with Crippen LogP contribution in [0.3, 0.4) is 0 Å². The smallest absolute Gasteiger partial charge is 0.319 e. The average molecular weight is 468 g/mol. The Morgan fingerprint density at radius 2 is 1.71 bits per heavy atom. The second kappa shape index (κ2) is 8.48. The van der Waals surface area contributed by atoms with Crippen LogP contribution >= 0.6 is 0 Å². The number of hydrogen-bond acceptors (Lipinski definition) is 5. The summed E-state index contributed by atoms with van der Waals surface area (Å²) in [5, 5.41) is 5.90. The van der Waals surface area contributed by atoms with E-state index in [1.165, 1.54) is 70.3 Å². The van der Waals surface area contributed by atoms with E-state index in [-0.39, 0.29) is 30.3 Å². The molecule has 34 heavy (non-hydrogen) atoms. The molecule has 0 aromatic rings. The Hall–Kier alpha value is -2.19. The average Bonchev–Trinajstić information content (AvgIpc) is 3.08. The fourth-order valence-electron chi connectivity index (χ4n) is 7.43. The molecule has 0 radical (unpaired) electrons. The second-order valence-electron chi connectivity index (χ2n) is 11.4. The highest BCUT2D eigenvalue weighted by atomic mass is 16.2. The summed E-state index contributed by atoms with van der Waals surface area (Å²) in [6, 6.07) is 0.0498. The van der Waals surface area contributed by atoms with Gasteiger partial charge < -0.3 is 15.1 Å². The molecule has 4 saturated heterocycles. The molecule has 4 amide bonds. The van der Waals surface area contributed by atoms with Crippen LogP contribution in [0, 0.1) is 11.3 Å². The molecule has 6 rings (SSSR count). The molecule has 0 bridgehead atoms. The first-order valence-electron chi connectivity index (χ1n) is 13.2. The molecular weight excluding hydrogens is 430 g/mol. The summed E-state index contributed by atoms with van der Waals surface area (Å²) in [7, 11) is 1.84. The summed E-state index contributed by atoms with van der Waals surface area (Å²) in [5.74, 6) is -0.0316. The maximum atomic E-state index is 13.1. The fourth-order valence-corrected chi connectivity index (χ4v) is 7.43. The van der Waals surface area contributed by atoms with Gasteiger partial charge in [-0.15, -0.1) is 0 Å². The van der Waals surface area contributed by atoms with Gasteiger partial charge in [0.15, 0.2) is 0 Å². The highest BCUT2D eigenvalue weighted by Gasteiger charge is 2.49. The summed E-state index contributed by atoms with van der Waals surface area (Å²) in [6.45, 7) is 4.74. The molecule has 6 aliphatic rings. The summed E-state index contributed by atoms with van der Waals surface area (Å²) >= 11 is 0. The first kappa shape index (κ1) is 22.3. The summed E-state index contributed by atoms with van der Waals surface area (Å²) in [6.07, 6.45) is 13.7. The van der Waals surface area contributed by atoms with Gasteiger partial charge in [-0.2, -0.15) is 0 Å². The van der Waals surface area contributed by atoms with Gasteiger partial charge in [0.1, 0.15) is 6.04 Å². The molecule has 5 fully saturated rings. The van der Waals surface area contributed by atoms with Crippen molar-refractivity contribution >= 4 is 17.8 Å². The van der Waals surface area contributed by atoms with Gasteiger partial charge in [-0.25, -0.2) is 4.79 Å². The monoisotopic (exact) mass is 467 g/mol. The van der Waals surface area contributed by atoms with E-state index in [0.29, 0.717) is 17.8 Å². The number of likely N-dealkylation sites (tertiary alicyclic amines) is 1. The highest BCUT2D eigenvalue weighted by molar-refractivity contribution is 6.02. The van der Waals surface area contributed by atoms with E-state index < -0.39 is 6.04 Å². The van der Waals surface area contributed by atoms with Crippen molar-refractivity contribution in [1.82, 2.24) is 25.3 Å². The minimum Gasteiger partial charge on any atom is -0.319 e. The molecule has 1 saturated carbocycles. The molecular formula is C26H37N5O3. The molecule has 8 heteroatoms. The van der Waals surface area contributed by atoms with Crippen LogP contribution in [0.4, 0.5) is 4.79 Å². The summed E-state index contributed by atoms with van der Waals surface area (Å²) < 4.78 is 0. The van der Waals surface area contributed by atoms with Gasteiger partial charge in [-0.3, -0.25) is 19.8 Å². The van der Waals surface area contributed by atoms with E-state index in [9.17, 15) is 14.4 Å². The van der Waals surface area contributed by atoms with Gasteiger partial charge in [0.25, 0.3) is 0 Å². The highest BCUT2D eigenvalue weighted by Crippen LogP contribution is 2.50. The molecule has 2 unspecified atom stereocenters. The lowest BCUT2D eigenvalue weighted by atomic mass is 9.60. The molecule has 0 aromatic carbocycles. The minimum absolute atomic E-state index is 0.0117. The number of allylic oxidation sites excluding steroid dienone is 2. The van der Waals surface area contributed by atoms with E-state index in [1.54, 1.807) is 9.80 Å². The van der Waals surface area contributed by atoms with Crippen molar-refractivity contribution in [2.75, 3.05) is 33.2 Å². The predicted molar refractivity (Wildman–Crippen MR) is 128 cm³/mol. The molecule has 4 heterocycles. The van der Waals surface area contributed by atoms with Crippen LogP contribution in [0.15, 0.2) is 23.4 Å². The molecule has 2 N–H and O–H groups in total. The Morgan fingerprint density at radius 1 is 0.971 bits per heavy atom. The third-order valence-electron chi connectivity index (χ3n) is 9.59. The van der Waals surface area contributed by atoms with Crippen LogP contribution in [0.25, 0.3) is 0 Å².